The van der Waals surface area contributed by atoms with Gasteiger partial charge in [0.25, 0.3) is 5.91 Å². The maximum atomic E-state index is 13.4. The van der Waals surface area contributed by atoms with E-state index in [1.165, 1.54) is 0 Å². The third-order valence-electron chi connectivity index (χ3n) is 6.49. The molecule has 2 aliphatic heterocycles. The van der Waals surface area contributed by atoms with E-state index in [1.807, 2.05) is 53.8 Å². The number of benzene rings is 2. The Kier molecular flexibility index (Phi) is 5.62. The highest BCUT2D eigenvalue weighted by molar-refractivity contribution is 5.99. The lowest BCUT2D eigenvalue weighted by atomic mass is 9.88. The van der Waals surface area contributed by atoms with Crippen LogP contribution in [-0.2, 0) is 0 Å². The number of para-hydroxylation sites is 1. The first-order valence-electron chi connectivity index (χ1n) is 11.4. The molecule has 1 amide bonds. The first kappa shape index (κ1) is 21.2. The van der Waals surface area contributed by atoms with Gasteiger partial charge in [-0.15, -0.1) is 0 Å². The van der Waals surface area contributed by atoms with Crippen LogP contribution in [-0.4, -0.2) is 52.7 Å². The lowest BCUT2D eigenvalue weighted by Gasteiger charge is -2.31. The highest BCUT2D eigenvalue weighted by Crippen LogP contribution is 2.33. The highest BCUT2D eigenvalue weighted by Gasteiger charge is 2.31. The van der Waals surface area contributed by atoms with Crippen LogP contribution in [0, 0.1) is 19.8 Å². The summed E-state index contributed by atoms with van der Waals surface area (Å²) in [5.74, 6) is 1.28. The van der Waals surface area contributed by atoms with Gasteiger partial charge < -0.3 is 14.4 Å². The van der Waals surface area contributed by atoms with Crippen molar-refractivity contribution < 1.29 is 19.1 Å². The van der Waals surface area contributed by atoms with Crippen LogP contribution in [0.25, 0.3) is 5.69 Å². The Balaban J connectivity index is 1.27. The average molecular weight is 446 g/mol. The zero-order valence-corrected chi connectivity index (χ0v) is 18.9. The fourth-order valence-electron chi connectivity index (χ4n) is 4.71. The molecule has 1 fully saturated rings. The summed E-state index contributed by atoms with van der Waals surface area (Å²) < 4.78 is 13.0. The molecular weight excluding hydrogens is 418 g/mol. The molecule has 170 valence electrons. The number of ketones is 1. The summed E-state index contributed by atoms with van der Waals surface area (Å²) in [6, 6.07) is 15.2. The smallest absolute Gasteiger partial charge is 0.257 e. The van der Waals surface area contributed by atoms with Crippen molar-refractivity contribution >= 4 is 11.7 Å². The number of Topliss-reactive ketones (excluding diaryl/α,β-unsaturated/α-hetero) is 1. The molecule has 3 heterocycles. The summed E-state index contributed by atoms with van der Waals surface area (Å²) in [4.78, 5) is 28.3. The minimum atomic E-state index is -0.106. The molecule has 1 aromatic heterocycles. The topological polar surface area (TPSA) is 73.7 Å². The number of fused-ring (bicyclic) bond motifs is 1. The molecule has 2 aliphatic rings. The lowest BCUT2D eigenvalue weighted by molar-refractivity contribution is 0.0649. The zero-order chi connectivity index (χ0) is 22.9. The number of aryl methyl sites for hydroxylation is 1. The van der Waals surface area contributed by atoms with Gasteiger partial charge in [0.1, 0.15) is 13.2 Å². The van der Waals surface area contributed by atoms with Crippen LogP contribution < -0.4 is 9.47 Å². The van der Waals surface area contributed by atoms with Gasteiger partial charge in [0, 0.05) is 24.6 Å². The summed E-state index contributed by atoms with van der Waals surface area (Å²) in [5.41, 5.74) is 3.77. The van der Waals surface area contributed by atoms with E-state index >= 15 is 0 Å². The third kappa shape index (κ3) is 3.99. The lowest BCUT2D eigenvalue weighted by Crippen LogP contribution is -2.40. The van der Waals surface area contributed by atoms with Gasteiger partial charge in [-0.05, 0) is 57.0 Å². The Morgan fingerprint density at radius 2 is 1.64 bits per heavy atom. The molecule has 1 saturated heterocycles. The van der Waals surface area contributed by atoms with Crippen molar-refractivity contribution in [2.45, 2.75) is 26.7 Å². The van der Waals surface area contributed by atoms with Crippen molar-refractivity contribution in [3.63, 3.8) is 0 Å². The molecule has 7 heteroatoms. The van der Waals surface area contributed by atoms with Crippen LogP contribution in [0.5, 0.6) is 11.5 Å². The quantitative estimate of drug-likeness (QED) is 0.568. The molecule has 5 rings (SSSR count). The fraction of sp³-hybridized carbons (Fsp3) is 0.346. The molecule has 0 N–H and O–H groups in total. The predicted molar refractivity (Wildman–Crippen MR) is 123 cm³/mol. The average Bonchev–Trinajstić information content (AvgIpc) is 3.17. The Labute approximate surface area is 192 Å². The molecule has 0 radical (unpaired) electrons. The fourth-order valence-corrected chi connectivity index (χ4v) is 4.71. The maximum absolute atomic E-state index is 13.4. The Morgan fingerprint density at radius 1 is 0.939 bits per heavy atom. The van der Waals surface area contributed by atoms with Gasteiger partial charge in [0.15, 0.2) is 17.3 Å². The maximum Gasteiger partial charge on any atom is 0.257 e. The monoisotopic (exact) mass is 445 g/mol. The normalized spacial score (nSPS) is 16.0. The number of hydrogen-bond donors (Lipinski definition) is 0. The van der Waals surface area contributed by atoms with Gasteiger partial charge in [-0.25, -0.2) is 4.68 Å². The second-order valence-electron chi connectivity index (χ2n) is 8.58. The van der Waals surface area contributed by atoms with Crippen LogP contribution in [0.2, 0.25) is 0 Å². The van der Waals surface area contributed by atoms with E-state index in [0.29, 0.717) is 61.8 Å². The SMILES string of the molecule is Cc1nn(-c2ccccc2)c(C)c1C(=O)N1CCC(C(=O)c2ccc3c(c2)OCCO3)CC1. The molecule has 2 aromatic carbocycles. The number of rotatable bonds is 4. The van der Waals surface area contributed by atoms with Crippen molar-refractivity contribution in [1.29, 1.82) is 0 Å². The van der Waals surface area contributed by atoms with Crippen molar-refractivity contribution in [2.75, 3.05) is 26.3 Å². The van der Waals surface area contributed by atoms with Crippen molar-refractivity contribution in [1.82, 2.24) is 14.7 Å². The molecular formula is C26H27N3O4. The second-order valence-corrected chi connectivity index (χ2v) is 8.58. The summed E-state index contributed by atoms with van der Waals surface area (Å²) >= 11 is 0. The predicted octanol–water partition coefficient (Wildman–Crippen LogP) is 4.00. The van der Waals surface area contributed by atoms with Gasteiger partial charge in [0.05, 0.1) is 22.6 Å². The number of carbonyl (C=O) groups is 2. The Hall–Kier alpha value is -3.61. The van der Waals surface area contributed by atoms with E-state index in [0.717, 1.165) is 17.1 Å². The first-order valence-corrected chi connectivity index (χ1v) is 11.4. The number of likely N-dealkylation sites (tertiary alicyclic amines) is 1. The van der Waals surface area contributed by atoms with E-state index in [1.54, 1.807) is 18.2 Å². The molecule has 7 nitrogen and oxygen atoms in total. The number of amides is 1. The van der Waals surface area contributed by atoms with Gasteiger partial charge in [0.2, 0.25) is 0 Å². The largest absolute Gasteiger partial charge is 0.486 e. The summed E-state index contributed by atoms with van der Waals surface area (Å²) in [6.45, 7) is 5.92. The molecule has 33 heavy (non-hydrogen) atoms. The van der Waals surface area contributed by atoms with E-state index < -0.39 is 0 Å². The minimum absolute atomic E-state index is 0.0163. The van der Waals surface area contributed by atoms with Crippen molar-refractivity contribution in [3.8, 4) is 17.2 Å². The summed E-state index contributed by atoms with van der Waals surface area (Å²) in [6.07, 6.45) is 1.29. The number of aromatic nitrogens is 2. The van der Waals surface area contributed by atoms with Crippen LogP contribution in [0.3, 0.4) is 0 Å². The molecule has 0 spiro atoms. The van der Waals surface area contributed by atoms with E-state index in [9.17, 15) is 9.59 Å². The minimum Gasteiger partial charge on any atom is -0.486 e. The van der Waals surface area contributed by atoms with Crippen LogP contribution in [0.4, 0.5) is 0 Å². The summed E-state index contributed by atoms with van der Waals surface area (Å²) in [7, 11) is 0. The molecule has 0 atom stereocenters. The van der Waals surface area contributed by atoms with Crippen molar-refractivity contribution in [2.24, 2.45) is 5.92 Å². The van der Waals surface area contributed by atoms with Gasteiger partial charge in [-0.1, -0.05) is 18.2 Å². The second kappa shape index (κ2) is 8.73. The Bertz CT molecular complexity index is 1190. The first-order chi connectivity index (χ1) is 16.0. The van der Waals surface area contributed by atoms with E-state index in [2.05, 4.69) is 5.10 Å². The number of piperidine rings is 1. The van der Waals surface area contributed by atoms with Gasteiger partial charge >= 0.3 is 0 Å². The number of carbonyl (C=O) groups excluding carboxylic acids is 2. The molecule has 0 unspecified atom stereocenters. The van der Waals surface area contributed by atoms with Gasteiger partial charge in [-0.3, -0.25) is 9.59 Å². The van der Waals surface area contributed by atoms with Crippen LogP contribution >= 0.6 is 0 Å². The third-order valence-corrected chi connectivity index (χ3v) is 6.49. The summed E-state index contributed by atoms with van der Waals surface area (Å²) in [5, 5.41) is 4.61. The molecule has 0 saturated carbocycles. The highest BCUT2D eigenvalue weighted by atomic mass is 16.6. The van der Waals surface area contributed by atoms with E-state index in [4.69, 9.17) is 9.47 Å². The molecule has 0 aliphatic carbocycles. The number of hydrogen-bond acceptors (Lipinski definition) is 5. The zero-order valence-electron chi connectivity index (χ0n) is 18.9. The molecule has 3 aromatic rings. The number of nitrogens with zero attached hydrogens (tertiary/aromatic N) is 3. The Morgan fingerprint density at radius 3 is 2.36 bits per heavy atom. The van der Waals surface area contributed by atoms with Gasteiger partial charge in [-0.2, -0.15) is 5.10 Å². The molecule has 0 bridgehead atoms. The standard InChI is InChI=1S/C26H27N3O4/c1-17-24(18(2)29(27-17)21-6-4-3-5-7-21)26(31)28-12-10-19(11-13-28)25(30)20-8-9-22-23(16-20)33-15-14-32-22/h3-9,16,19H,10-15H2,1-2H3. The van der Waals surface area contributed by atoms with Crippen molar-refractivity contribution in [3.05, 3.63) is 71.0 Å². The van der Waals surface area contributed by atoms with Crippen LogP contribution in [0.15, 0.2) is 48.5 Å². The van der Waals surface area contributed by atoms with Crippen LogP contribution in [0.1, 0.15) is 44.9 Å². The number of ether oxygens (including phenoxy) is 2. The van der Waals surface area contributed by atoms with E-state index in [-0.39, 0.29) is 17.6 Å².